The van der Waals surface area contributed by atoms with Crippen molar-refractivity contribution >= 4 is 11.9 Å². The number of hydrogen-bond acceptors (Lipinski definition) is 4. The Morgan fingerprint density at radius 1 is 1.33 bits per heavy atom. The van der Waals surface area contributed by atoms with Gasteiger partial charge in [-0.25, -0.2) is 0 Å². The molecule has 1 aromatic rings. The minimum Gasteiger partial charge on any atom is -0.508 e. The summed E-state index contributed by atoms with van der Waals surface area (Å²) in [5.41, 5.74) is 0.616. The minimum absolute atomic E-state index is 0.0508. The number of methoxy groups -OCH3 is 1. The average Bonchev–Trinajstić information content (AvgIpc) is 2.50. The Bertz CT molecular complexity index is 515. The van der Waals surface area contributed by atoms with E-state index in [1.165, 1.54) is 7.11 Å². The number of likely N-dealkylation sites (tertiary alicyclic amines) is 1. The molecule has 5 heteroatoms. The molecular weight excluding hydrogens is 270 g/mol. The molecule has 1 atom stereocenters. The van der Waals surface area contributed by atoms with Crippen molar-refractivity contribution in [2.45, 2.75) is 38.1 Å². The summed E-state index contributed by atoms with van der Waals surface area (Å²) in [4.78, 5) is 25.7. The monoisotopic (exact) mass is 291 g/mol. The van der Waals surface area contributed by atoms with Crippen LogP contribution in [0.4, 0.5) is 0 Å². The molecule has 1 aliphatic rings. The summed E-state index contributed by atoms with van der Waals surface area (Å²) in [5, 5.41) is 9.76. The molecule has 1 amide bonds. The van der Waals surface area contributed by atoms with Crippen LogP contribution < -0.4 is 0 Å². The Morgan fingerprint density at radius 2 is 2.10 bits per heavy atom. The zero-order valence-electron chi connectivity index (χ0n) is 12.2. The van der Waals surface area contributed by atoms with Crippen LogP contribution in [0, 0.1) is 0 Å². The van der Waals surface area contributed by atoms with E-state index in [0.29, 0.717) is 12.1 Å². The van der Waals surface area contributed by atoms with Gasteiger partial charge in [0.1, 0.15) is 5.75 Å². The average molecular weight is 291 g/mol. The number of esters is 1. The molecule has 0 saturated carbocycles. The highest BCUT2D eigenvalue weighted by Crippen LogP contribution is 2.23. The van der Waals surface area contributed by atoms with Gasteiger partial charge in [0, 0.05) is 18.2 Å². The molecule has 0 spiro atoms. The van der Waals surface area contributed by atoms with Gasteiger partial charge >= 0.3 is 5.97 Å². The number of phenolic OH excluding ortho intramolecular Hbond substituents is 1. The Kier molecular flexibility index (Phi) is 5.20. The standard InChI is InChI=1S/C16H21NO4/c1-21-16(20)11-13-7-4-5-9-17(13)15(19)10-12-6-2-3-8-14(12)18/h2-3,6,8,13,18H,4-5,7,9-11H2,1H3. The van der Waals surface area contributed by atoms with Crippen LogP contribution >= 0.6 is 0 Å². The number of carbonyl (C=O) groups excluding carboxylic acids is 2. The third-order valence-electron chi connectivity index (χ3n) is 3.91. The van der Waals surface area contributed by atoms with Crippen molar-refractivity contribution in [2.24, 2.45) is 0 Å². The van der Waals surface area contributed by atoms with Gasteiger partial charge in [0.15, 0.2) is 0 Å². The lowest BCUT2D eigenvalue weighted by atomic mass is 9.98. The fraction of sp³-hybridized carbons (Fsp3) is 0.500. The van der Waals surface area contributed by atoms with Crippen molar-refractivity contribution in [1.29, 1.82) is 0 Å². The van der Waals surface area contributed by atoms with Crippen LogP contribution in [0.5, 0.6) is 5.75 Å². The predicted molar refractivity (Wildman–Crippen MR) is 77.8 cm³/mol. The van der Waals surface area contributed by atoms with Gasteiger partial charge in [-0.1, -0.05) is 18.2 Å². The number of amides is 1. The molecular formula is C16H21NO4. The summed E-state index contributed by atoms with van der Waals surface area (Å²) in [5.74, 6) is -0.209. The number of carbonyl (C=O) groups is 2. The van der Waals surface area contributed by atoms with E-state index < -0.39 is 0 Å². The van der Waals surface area contributed by atoms with E-state index in [1.54, 1.807) is 29.2 Å². The first-order valence-corrected chi connectivity index (χ1v) is 7.25. The molecule has 1 heterocycles. The highest BCUT2D eigenvalue weighted by atomic mass is 16.5. The number of hydrogen-bond donors (Lipinski definition) is 1. The summed E-state index contributed by atoms with van der Waals surface area (Å²) in [7, 11) is 1.36. The number of nitrogens with zero attached hydrogens (tertiary/aromatic N) is 1. The highest BCUT2D eigenvalue weighted by molar-refractivity contribution is 5.80. The number of aromatic hydroxyl groups is 1. The van der Waals surface area contributed by atoms with Gasteiger partial charge in [-0.3, -0.25) is 9.59 Å². The molecule has 0 aromatic heterocycles. The molecule has 0 aliphatic carbocycles. The lowest BCUT2D eigenvalue weighted by Gasteiger charge is -2.35. The number of piperidine rings is 1. The van der Waals surface area contributed by atoms with Crippen LogP contribution in [-0.4, -0.2) is 41.6 Å². The van der Waals surface area contributed by atoms with Crippen LogP contribution in [-0.2, 0) is 20.7 Å². The fourth-order valence-electron chi connectivity index (χ4n) is 2.74. The second kappa shape index (κ2) is 7.11. The zero-order valence-corrected chi connectivity index (χ0v) is 12.2. The van der Waals surface area contributed by atoms with Crippen molar-refractivity contribution < 1.29 is 19.4 Å². The van der Waals surface area contributed by atoms with Crippen molar-refractivity contribution in [3.05, 3.63) is 29.8 Å². The molecule has 1 aliphatic heterocycles. The van der Waals surface area contributed by atoms with Crippen LogP contribution in [0.15, 0.2) is 24.3 Å². The van der Waals surface area contributed by atoms with E-state index in [9.17, 15) is 14.7 Å². The topological polar surface area (TPSA) is 66.8 Å². The minimum atomic E-state index is -0.290. The molecule has 1 fully saturated rings. The SMILES string of the molecule is COC(=O)CC1CCCCN1C(=O)Cc1ccccc1O. The molecule has 114 valence electrons. The Morgan fingerprint density at radius 3 is 2.81 bits per heavy atom. The fourth-order valence-corrected chi connectivity index (χ4v) is 2.74. The first kappa shape index (κ1) is 15.4. The number of para-hydroxylation sites is 1. The number of ether oxygens (including phenoxy) is 1. The van der Waals surface area contributed by atoms with Crippen molar-refractivity contribution in [3.8, 4) is 5.75 Å². The largest absolute Gasteiger partial charge is 0.508 e. The number of rotatable bonds is 4. The van der Waals surface area contributed by atoms with Gasteiger partial charge in [0.25, 0.3) is 0 Å². The van der Waals surface area contributed by atoms with Gasteiger partial charge in [0.2, 0.25) is 5.91 Å². The number of phenols is 1. The molecule has 1 N–H and O–H groups in total. The summed E-state index contributed by atoms with van der Waals surface area (Å²) < 4.78 is 4.70. The molecule has 5 nitrogen and oxygen atoms in total. The molecule has 0 bridgehead atoms. The first-order chi connectivity index (χ1) is 10.1. The highest BCUT2D eigenvalue weighted by Gasteiger charge is 2.29. The van der Waals surface area contributed by atoms with Gasteiger partial charge in [-0.2, -0.15) is 0 Å². The Hall–Kier alpha value is -2.04. The van der Waals surface area contributed by atoms with Crippen molar-refractivity contribution in [3.63, 3.8) is 0 Å². The van der Waals surface area contributed by atoms with Crippen LogP contribution in [0.3, 0.4) is 0 Å². The zero-order chi connectivity index (χ0) is 15.2. The maximum absolute atomic E-state index is 12.5. The first-order valence-electron chi connectivity index (χ1n) is 7.25. The van der Waals surface area contributed by atoms with E-state index in [0.717, 1.165) is 19.3 Å². The van der Waals surface area contributed by atoms with Crippen LogP contribution in [0.25, 0.3) is 0 Å². The van der Waals surface area contributed by atoms with Crippen molar-refractivity contribution in [1.82, 2.24) is 4.90 Å². The Balaban J connectivity index is 2.04. The van der Waals surface area contributed by atoms with Crippen molar-refractivity contribution in [2.75, 3.05) is 13.7 Å². The van der Waals surface area contributed by atoms with E-state index in [1.807, 2.05) is 0 Å². The normalized spacial score (nSPS) is 18.3. The lowest BCUT2D eigenvalue weighted by Crippen LogP contribution is -2.45. The molecule has 1 saturated heterocycles. The van der Waals surface area contributed by atoms with Gasteiger partial charge < -0.3 is 14.7 Å². The second-order valence-electron chi connectivity index (χ2n) is 5.32. The predicted octanol–water partition coefficient (Wildman–Crippen LogP) is 1.88. The van der Waals surface area contributed by atoms with Gasteiger partial charge in [-0.15, -0.1) is 0 Å². The lowest BCUT2D eigenvalue weighted by molar-refractivity contribution is -0.144. The van der Waals surface area contributed by atoms with E-state index in [2.05, 4.69) is 0 Å². The second-order valence-corrected chi connectivity index (χ2v) is 5.32. The number of benzene rings is 1. The molecule has 21 heavy (non-hydrogen) atoms. The summed E-state index contributed by atoms with van der Waals surface area (Å²) in [6.07, 6.45) is 3.18. The maximum Gasteiger partial charge on any atom is 0.307 e. The molecule has 0 radical (unpaired) electrons. The van der Waals surface area contributed by atoms with Gasteiger partial charge in [-0.05, 0) is 25.3 Å². The van der Waals surface area contributed by atoms with Gasteiger partial charge in [0.05, 0.1) is 20.0 Å². The summed E-state index contributed by atoms with van der Waals surface area (Å²) in [6, 6.07) is 6.75. The Labute approximate surface area is 124 Å². The summed E-state index contributed by atoms with van der Waals surface area (Å²) >= 11 is 0. The van der Waals surface area contributed by atoms with Crippen LogP contribution in [0.2, 0.25) is 0 Å². The maximum atomic E-state index is 12.5. The molecule has 1 unspecified atom stereocenters. The molecule has 2 rings (SSSR count). The molecule has 1 aromatic carbocycles. The van der Waals surface area contributed by atoms with E-state index >= 15 is 0 Å². The van der Waals surface area contributed by atoms with Crippen LogP contribution in [0.1, 0.15) is 31.2 Å². The van der Waals surface area contributed by atoms with E-state index in [-0.39, 0.29) is 36.5 Å². The third kappa shape index (κ3) is 3.97. The summed E-state index contributed by atoms with van der Waals surface area (Å²) in [6.45, 7) is 0.661. The quantitative estimate of drug-likeness (QED) is 0.860. The smallest absolute Gasteiger partial charge is 0.307 e. The van der Waals surface area contributed by atoms with E-state index in [4.69, 9.17) is 4.74 Å². The third-order valence-corrected chi connectivity index (χ3v) is 3.91.